The van der Waals surface area contributed by atoms with Crippen LogP contribution in [0.2, 0.25) is 0 Å². The van der Waals surface area contributed by atoms with Crippen molar-refractivity contribution in [3.8, 4) is 12.1 Å². The SMILES string of the molecule is CC1=CC2=C(C#N)C(C#N)=C3C=C(C)SC3(C)C2(C)S1. The fourth-order valence-corrected chi connectivity index (χ4v) is 6.37. The number of hydrogen-bond donors (Lipinski definition) is 0. The molecule has 2 nitrogen and oxygen atoms in total. The second kappa shape index (κ2) is 4.07. The molecule has 0 saturated heterocycles. The summed E-state index contributed by atoms with van der Waals surface area (Å²) in [4.78, 5) is 2.42. The van der Waals surface area contributed by atoms with Crippen molar-refractivity contribution in [3.05, 3.63) is 44.3 Å². The van der Waals surface area contributed by atoms with Crippen molar-refractivity contribution in [2.75, 3.05) is 0 Å². The van der Waals surface area contributed by atoms with Gasteiger partial charge >= 0.3 is 0 Å². The average molecular weight is 298 g/mol. The minimum absolute atomic E-state index is 0.184. The van der Waals surface area contributed by atoms with Crippen molar-refractivity contribution in [3.63, 3.8) is 0 Å². The van der Waals surface area contributed by atoms with Crippen LogP contribution in [0.1, 0.15) is 27.7 Å². The highest BCUT2D eigenvalue weighted by Crippen LogP contribution is 2.66. The van der Waals surface area contributed by atoms with E-state index < -0.39 is 0 Å². The van der Waals surface area contributed by atoms with Crippen LogP contribution in [0.5, 0.6) is 0 Å². The molecular formula is C16H14N2S2. The normalized spacial score (nSPS) is 35.1. The molecule has 3 rings (SSSR count). The van der Waals surface area contributed by atoms with Crippen molar-refractivity contribution in [1.29, 1.82) is 10.5 Å². The molecule has 1 aliphatic carbocycles. The van der Waals surface area contributed by atoms with Gasteiger partial charge in [0.05, 0.1) is 20.6 Å². The predicted octanol–water partition coefficient (Wildman–Crippen LogP) is 4.46. The largest absolute Gasteiger partial charge is 0.192 e. The molecule has 4 heteroatoms. The molecule has 0 aromatic heterocycles. The van der Waals surface area contributed by atoms with Crippen LogP contribution in [-0.4, -0.2) is 9.49 Å². The Morgan fingerprint density at radius 2 is 1.20 bits per heavy atom. The topological polar surface area (TPSA) is 47.6 Å². The van der Waals surface area contributed by atoms with Gasteiger partial charge < -0.3 is 0 Å². The fraction of sp³-hybridized carbons (Fsp3) is 0.375. The summed E-state index contributed by atoms with van der Waals surface area (Å²) >= 11 is 3.63. The highest BCUT2D eigenvalue weighted by molar-refractivity contribution is 8.09. The Labute approximate surface area is 127 Å². The summed E-state index contributed by atoms with van der Waals surface area (Å²) in [5, 5.41) is 19.1. The first-order chi connectivity index (χ1) is 9.37. The highest BCUT2D eigenvalue weighted by atomic mass is 32.2. The summed E-state index contributed by atoms with van der Waals surface area (Å²) in [6.45, 7) is 8.55. The fourth-order valence-electron chi connectivity index (χ4n) is 3.33. The Kier molecular flexibility index (Phi) is 2.77. The lowest BCUT2D eigenvalue weighted by molar-refractivity contribution is 0.613. The maximum Gasteiger partial charge on any atom is 0.101 e. The van der Waals surface area contributed by atoms with Crippen LogP contribution in [0.4, 0.5) is 0 Å². The highest BCUT2D eigenvalue weighted by Gasteiger charge is 2.58. The van der Waals surface area contributed by atoms with E-state index in [2.05, 4.69) is 52.0 Å². The molecule has 0 fully saturated rings. The Morgan fingerprint density at radius 3 is 1.50 bits per heavy atom. The molecule has 0 N–H and O–H groups in total. The van der Waals surface area contributed by atoms with Gasteiger partial charge in [0, 0.05) is 0 Å². The number of rotatable bonds is 0. The molecule has 0 amide bonds. The van der Waals surface area contributed by atoms with E-state index in [0.717, 1.165) is 11.1 Å². The maximum absolute atomic E-state index is 9.55. The molecule has 0 aromatic carbocycles. The molecular weight excluding hydrogens is 284 g/mol. The molecule has 0 aromatic rings. The average Bonchev–Trinajstić information content (AvgIpc) is 2.85. The molecule has 2 atom stereocenters. The quantitative estimate of drug-likeness (QED) is 0.662. The summed E-state index contributed by atoms with van der Waals surface area (Å²) in [5.74, 6) is 0. The van der Waals surface area contributed by atoms with Gasteiger partial charge in [-0.3, -0.25) is 0 Å². The van der Waals surface area contributed by atoms with Gasteiger partial charge in [0.15, 0.2) is 0 Å². The Balaban J connectivity index is 2.40. The van der Waals surface area contributed by atoms with Crippen molar-refractivity contribution < 1.29 is 0 Å². The molecule has 0 radical (unpaired) electrons. The first-order valence-corrected chi connectivity index (χ1v) is 8.05. The van der Waals surface area contributed by atoms with E-state index in [1.165, 1.54) is 9.81 Å². The summed E-state index contributed by atoms with van der Waals surface area (Å²) in [6.07, 6.45) is 4.16. The lowest BCUT2D eigenvalue weighted by Crippen LogP contribution is -2.47. The van der Waals surface area contributed by atoms with E-state index in [0.29, 0.717) is 11.1 Å². The zero-order valence-electron chi connectivity index (χ0n) is 11.9. The van der Waals surface area contributed by atoms with Gasteiger partial charge in [0.25, 0.3) is 0 Å². The number of thioether (sulfide) groups is 2. The third-order valence-corrected chi connectivity index (χ3v) is 7.46. The molecule has 2 unspecified atom stereocenters. The molecule has 3 aliphatic rings. The number of allylic oxidation sites excluding steroid dienone is 6. The molecule has 100 valence electrons. The second-order valence-corrected chi connectivity index (χ2v) is 8.91. The Hall–Kier alpha value is -1.36. The van der Waals surface area contributed by atoms with Crippen molar-refractivity contribution in [2.45, 2.75) is 37.2 Å². The van der Waals surface area contributed by atoms with Crippen LogP contribution in [0.15, 0.2) is 44.3 Å². The summed E-state index contributed by atoms with van der Waals surface area (Å²) in [7, 11) is 0. The van der Waals surface area contributed by atoms with Gasteiger partial charge in [-0.15, -0.1) is 23.5 Å². The predicted molar refractivity (Wildman–Crippen MR) is 84.8 cm³/mol. The van der Waals surface area contributed by atoms with Crippen molar-refractivity contribution >= 4 is 23.5 Å². The molecule has 2 aliphatic heterocycles. The lowest BCUT2D eigenvalue weighted by Gasteiger charge is -2.45. The van der Waals surface area contributed by atoms with Gasteiger partial charge in [-0.25, -0.2) is 0 Å². The smallest absolute Gasteiger partial charge is 0.101 e. The van der Waals surface area contributed by atoms with Crippen LogP contribution in [0.3, 0.4) is 0 Å². The summed E-state index contributed by atoms with van der Waals surface area (Å²) < 4.78 is -0.368. The number of hydrogen-bond acceptors (Lipinski definition) is 4. The van der Waals surface area contributed by atoms with Gasteiger partial charge in [0.1, 0.15) is 12.1 Å². The standard InChI is InChI=1S/C16H14N2S2/c1-9-5-13-11(7-17)12(8-18)14-6-10(2)20-16(14,4)15(13,3)19-9/h5-6H,1-4H3. The first kappa shape index (κ1) is 13.6. The number of nitriles is 2. The Bertz CT molecular complexity index is 675. The van der Waals surface area contributed by atoms with Crippen LogP contribution in [0, 0.1) is 22.7 Å². The zero-order valence-corrected chi connectivity index (χ0v) is 13.5. The molecule has 2 heterocycles. The van der Waals surface area contributed by atoms with E-state index in [-0.39, 0.29) is 9.49 Å². The van der Waals surface area contributed by atoms with E-state index in [1.54, 1.807) is 0 Å². The third-order valence-electron chi connectivity index (χ3n) is 4.38. The molecule has 20 heavy (non-hydrogen) atoms. The van der Waals surface area contributed by atoms with Crippen LogP contribution in [-0.2, 0) is 0 Å². The monoisotopic (exact) mass is 298 g/mol. The maximum atomic E-state index is 9.55. The third kappa shape index (κ3) is 1.41. The Morgan fingerprint density at radius 1 is 0.850 bits per heavy atom. The first-order valence-electron chi connectivity index (χ1n) is 6.42. The van der Waals surface area contributed by atoms with E-state index in [9.17, 15) is 10.5 Å². The van der Waals surface area contributed by atoms with Crippen LogP contribution in [0.25, 0.3) is 0 Å². The van der Waals surface area contributed by atoms with Crippen LogP contribution >= 0.6 is 23.5 Å². The molecule has 0 bridgehead atoms. The number of fused-ring (bicyclic) bond motifs is 3. The van der Waals surface area contributed by atoms with Crippen molar-refractivity contribution in [1.82, 2.24) is 0 Å². The van der Waals surface area contributed by atoms with Gasteiger partial charge in [-0.2, -0.15) is 10.5 Å². The molecule has 0 spiro atoms. The van der Waals surface area contributed by atoms with Crippen LogP contribution < -0.4 is 0 Å². The lowest BCUT2D eigenvalue weighted by atomic mass is 9.72. The second-order valence-electron chi connectivity index (χ2n) is 5.58. The van der Waals surface area contributed by atoms with E-state index in [4.69, 9.17) is 0 Å². The van der Waals surface area contributed by atoms with E-state index in [1.807, 2.05) is 23.5 Å². The van der Waals surface area contributed by atoms with Gasteiger partial charge in [-0.1, -0.05) is 0 Å². The van der Waals surface area contributed by atoms with Gasteiger partial charge in [0.2, 0.25) is 0 Å². The minimum Gasteiger partial charge on any atom is -0.192 e. The summed E-state index contributed by atoms with van der Waals surface area (Å²) in [5.41, 5.74) is 3.14. The minimum atomic E-state index is -0.184. The summed E-state index contributed by atoms with van der Waals surface area (Å²) in [6, 6.07) is 4.54. The van der Waals surface area contributed by atoms with Crippen molar-refractivity contribution in [2.24, 2.45) is 0 Å². The van der Waals surface area contributed by atoms with Gasteiger partial charge in [-0.05, 0) is 60.8 Å². The van der Waals surface area contributed by atoms with E-state index >= 15 is 0 Å². The number of nitrogens with zero attached hydrogens (tertiary/aromatic N) is 2. The molecule has 0 saturated carbocycles. The zero-order chi connectivity index (χ0) is 14.7.